The second-order valence-electron chi connectivity index (χ2n) is 10.2. The molecule has 7 nitrogen and oxygen atoms in total. The van der Waals surface area contributed by atoms with E-state index >= 15 is 0 Å². The second-order valence-corrected chi connectivity index (χ2v) is 10.7. The van der Waals surface area contributed by atoms with Crippen LogP contribution in [0.1, 0.15) is 49.8 Å². The third kappa shape index (κ3) is 6.90. The van der Waals surface area contributed by atoms with Crippen LogP contribution in [0, 0.1) is 0 Å². The van der Waals surface area contributed by atoms with Gasteiger partial charge in [0, 0.05) is 16.1 Å². The summed E-state index contributed by atoms with van der Waals surface area (Å²) in [6.45, 7) is 5.72. The number of carboxylic acid groups (broad SMARTS) is 1. The maximum Gasteiger partial charge on any atom is 0.305 e. The summed E-state index contributed by atoms with van der Waals surface area (Å²) < 4.78 is 5.26. The Morgan fingerprint density at radius 1 is 1.12 bits per heavy atom. The van der Waals surface area contributed by atoms with Crippen molar-refractivity contribution in [2.75, 3.05) is 25.5 Å². The van der Waals surface area contributed by atoms with Gasteiger partial charge in [-0.2, -0.15) is 0 Å². The number of benzene rings is 3. The highest BCUT2D eigenvalue weighted by molar-refractivity contribution is 6.31. The van der Waals surface area contributed by atoms with Crippen molar-refractivity contribution in [3.63, 3.8) is 0 Å². The van der Waals surface area contributed by atoms with E-state index in [1.54, 1.807) is 25.3 Å². The van der Waals surface area contributed by atoms with Crippen LogP contribution in [0.2, 0.25) is 5.02 Å². The van der Waals surface area contributed by atoms with Gasteiger partial charge in [0.05, 0.1) is 36.5 Å². The van der Waals surface area contributed by atoms with Crippen molar-refractivity contribution in [1.82, 2.24) is 4.90 Å². The fraction of sp³-hybridized carbons (Fsp3) is 0.344. The molecule has 0 spiro atoms. The van der Waals surface area contributed by atoms with Crippen molar-refractivity contribution in [2.45, 2.75) is 51.1 Å². The predicted octanol–water partition coefficient (Wildman–Crippen LogP) is 6.08. The molecular weight excluding hydrogens is 526 g/mol. The summed E-state index contributed by atoms with van der Waals surface area (Å²) in [7, 11) is 1.60. The number of likely N-dealkylation sites (N-methyl/N-ethyl adjacent to an activating group) is 1. The van der Waals surface area contributed by atoms with Crippen LogP contribution in [0.15, 0.2) is 77.8 Å². The van der Waals surface area contributed by atoms with Gasteiger partial charge in [-0.3, -0.25) is 19.5 Å². The monoisotopic (exact) mass is 561 g/mol. The molecule has 210 valence electrons. The molecule has 1 aliphatic rings. The highest BCUT2D eigenvalue weighted by atomic mass is 35.5. The van der Waals surface area contributed by atoms with Crippen LogP contribution >= 0.6 is 11.6 Å². The van der Waals surface area contributed by atoms with Gasteiger partial charge in [-0.25, -0.2) is 0 Å². The molecule has 3 aromatic carbocycles. The predicted molar refractivity (Wildman–Crippen MR) is 160 cm³/mol. The SMILES string of the molecule is CCN1CCC[C@]1(C)C(=O)Nc1ccc(Cl)cc1C(=N[C@@H](CC(=O)O)Cc1ccc(OC)cc1)c1ccccc1. The summed E-state index contributed by atoms with van der Waals surface area (Å²) in [5.74, 6) is -0.296. The van der Waals surface area contributed by atoms with Crippen molar-refractivity contribution in [3.05, 3.63) is 94.5 Å². The normalized spacial score (nSPS) is 18.4. The molecule has 0 unspecified atom stereocenters. The van der Waals surface area contributed by atoms with Crippen molar-refractivity contribution >= 4 is 34.9 Å². The summed E-state index contributed by atoms with van der Waals surface area (Å²) in [6, 6.07) is 21.8. The molecule has 1 heterocycles. The number of aliphatic carboxylic acids is 1. The molecule has 1 saturated heterocycles. The van der Waals surface area contributed by atoms with Crippen LogP contribution in [0.25, 0.3) is 0 Å². The minimum absolute atomic E-state index is 0.0804. The fourth-order valence-corrected chi connectivity index (χ4v) is 5.51. The summed E-state index contributed by atoms with van der Waals surface area (Å²) in [4.78, 5) is 32.8. The molecule has 40 heavy (non-hydrogen) atoms. The van der Waals surface area contributed by atoms with Crippen molar-refractivity contribution < 1.29 is 19.4 Å². The number of anilines is 1. The molecule has 0 bridgehead atoms. The lowest BCUT2D eigenvalue weighted by Crippen LogP contribution is -2.50. The van der Waals surface area contributed by atoms with E-state index < -0.39 is 17.6 Å². The van der Waals surface area contributed by atoms with Crippen LogP contribution in [0.5, 0.6) is 5.75 Å². The van der Waals surface area contributed by atoms with Crippen LogP contribution in [-0.4, -0.2) is 59.4 Å². The second kappa shape index (κ2) is 13.1. The number of likely N-dealkylation sites (tertiary alicyclic amines) is 1. The van der Waals surface area contributed by atoms with Gasteiger partial charge in [0.1, 0.15) is 5.75 Å². The maximum atomic E-state index is 13.6. The third-order valence-electron chi connectivity index (χ3n) is 7.54. The summed E-state index contributed by atoms with van der Waals surface area (Å²) >= 11 is 6.48. The van der Waals surface area contributed by atoms with E-state index in [9.17, 15) is 14.7 Å². The molecule has 8 heteroatoms. The molecule has 2 atom stereocenters. The topological polar surface area (TPSA) is 91.2 Å². The number of ether oxygens (including phenoxy) is 1. The first-order chi connectivity index (χ1) is 19.2. The van der Waals surface area contributed by atoms with Crippen LogP contribution in [0.4, 0.5) is 5.69 Å². The number of carbonyl (C=O) groups is 2. The Kier molecular flexibility index (Phi) is 9.61. The number of hydrogen-bond donors (Lipinski definition) is 2. The van der Waals surface area contributed by atoms with E-state index in [1.807, 2.05) is 61.5 Å². The van der Waals surface area contributed by atoms with Crippen molar-refractivity contribution in [3.8, 4) is 5.75 Å². The largest absolute Gasteiger partial charge is 0.497 e. The van der Waals surface area contributed by atoms with Gasteiger partial charge in [-0.15, -0.1) is 0 Å². The van der Waals surface area contributed by atoms with Gasteiger partial charge < -0.3 is 15.2 Å². The molecule has 0 aromatic heterocycles. The molecule has 1 aliphatic heterocycles. The first-order valence-corrected chi connectivity index (χ1v) is 14.0. The average molecular weight is 562 g/mol. The summed E-state index contributed by atoms with van der Waals surface area (Å²) in [5.41, 5.74) is 2.92. The maximum absolute atomic E-state index is 13.6. The highest BCUT2D eigenvalue weighted by Crippen LogP contribution is 2.32. The van der Waals surface area contributed by atoms with E-state index in [4.69, 9.17) is 21.3 Å². The average Bonchev–Trinajstić information content (AvgIpc) is 3.35. The fourth-order valence-electron chi connectivity index (χ4n) is 5.34. The Hall–Kier alpha value is -3.68. The zero-order chi connectivity index (χ0) is 28.7. The van der Waals surface area contributed by atoms with Crippen molar-refractivity contribution in [1.29, 1.82) is 0 Å². The lowest BCUT2D eigenvalue weighted by molar-refractivity contribution is -0.137. The van der Waals surface area contributed by atoms with E-state index in [0.29, 0.717) is 28.4 Å². The number of methoxy groups -OCH3 is 1. The number of rotatable bonds is 11. The quantitative estimate of drug-likeness (QED) is 0.277. The molecule has 1 fully saturated rings. The zero-order valence-electron chi connectivity index (χ0n) is 23.2. The first kappa shape index (κ1) is 29.3. The smallest absolute Gasteiger partial charge is 0.305 e. The summed E-state index contributed by atoms with van der Waals surface area (Å²) in [6.07, 6.45) is 1.99. The minimum atomic E-state index is -0.942. The van der Waals surface area contributed by atoms with Gasteiger partial charge >= 0.3 is 5.97 Å². The lowest BCUT2D eigenvalue weighted by atomic mass is 9.95. The lowest BCUT2D eigenvalue weighted by Gasteiger charge is -2.33. The summed E-state index contributed by atoms with van der Waals surface area (Å²) in [5, 5.41) is 13.4. The molecule has 3 aromatic rings. The van der Waals surface area contributed by atoms with E-state index in [1.165, 1.54) is 0 Å². The standard InChI is InChI=1S/C32H36ClN3O4/c1-4-36-18-8-17-32(36,2)31(39)35-28-16-13-24(33)20-27(28)30(23-9-6-5-7-10-23)34-25(21-29(37)38)19-22-11-14-26(40-3)15-12-22/h5-7,9-16,20,25H,4,8,17-19,21H2,1-3H3,(H,35,39)(H,37,38)/t25-,32-/m1/s1. The van der Waals surface area contributed by atoms with Gasteiger partial charge in [0.25, 0.3) is 0 Å². The third-order valence-corrected chi connectivity index (χ3v) is 7.78. The Morgan fingerprint density at radius 3 is 2.50 bits per heavy atom. The number of nitrogens with one attached hydrogen (secondary N) is 1. The van der Waals surface area contributed by atoms with Crippen LogP contribution < -0.4 is 10.1 Å². The van der Waals surface area contributed by atoms with Gasteiger partial charge in [-0.05, 0) is 75.2 Å². The van der Waals surface area contributed by atoms with E-state index in [2.05, 4.69) is 17.1 Å². The number of hydrogen-bond acceptors (Lipinski definition) is 5. The van der Waals surface area contributed by atoms with Gasteiger partial charge in [0.15, 0.2) is 0 Å². The number of carboxylic acids is 1. The molecule has 0 saturated carbocycles. The Morgan fingerprint density at radius 2 is 1.85 bits per heavy atom. The first-order valence-electron chi connectivity index (χ1n) is 13.6. The van der Waals surface area contributed by atoms with Gasteiger partial charge in [0.2, 0.25) is 5.91 Å². The van der Waals surface area contributed by atoms with Crippen molar-refractivity contribution in [2.24, 2.45) is 4.99 Å². The molecule has 2 N–H and O–H groups in total. The Labute approximate surface area is 240 Å². The van der Waals surface area contributed by atoms with E-state index in [0.717, 1.165) is 42.8 Å². The number of aliphatic imine (C=N–C) groups is 1. The number of halogens is 1. The zero-order valence-corrected chi connectivity index (χ0v) is 23.9. The van der Waals surface area contributed by atoms with Crippen LogP contribution in [-0.2, 0) is 16.0 Å². The van der Waals surface area contributed by atoms with E-state index in [-0.39, 0.29) is 12.3 Å². The molecule has 0 aliphatic carbocycles. The number of amides is 1. The highest BCUT2D eigenvalue weighted by Gasteiger charge is 2.42. The van der Waals surface area contributed by atoms with Gasteiger partial charge in [-0.1, -0.05) is 61.0 Å². The Balaban J connectivity index is 1.77. The number of carbonyl (C=O) groups excluding carboxylic acids is 1. The molecular formula is C32H36ClN3O4. The molecule has 1 amide bonds. The minimum Gasteiger partial charge on any atom is -0.497 e. The molecule has 4 rings (SSSR count). The van der Waals surface area contributed by atoms with Crippen LogP contribution in [0.3, 0.4) is 0 Å². The number of nitrogens with zero attached hydrogens (tertiary/aromatic N) is 2. The Bertz CT molecular complexity index is 1360. The molecule has 0 radical (unpaired) electrons.